The highest BCUT2D eigenvalue weighted by Gasteiger charge is 2.20. The van der Waals surface area contributed by atoms with Crippen molar-refractivity contribution < 1.29 is 0 Å². The SMILES string of the molecule is CCNC1CCCN(c2nccc(C)n2)C1. The van der Waals surface area contributed by atoms with Gasteiger partial charge in [0.15, 0.2) is 0 Å². The maximum absolute atomic E-state index is 4.48. The van der Waals surface area contributed by atoms with Gasteiger partial charge in [0.05, 0.1) is 0 Å². The van der Waals surface area contributed by atoms with Gasteiger partial charge in [-0.25, -0.2) is 9.97 Å². The van der Waals surface area contributed by atoms with E-state index in [0.717, 1.165) is 31.3 Å². The Balaban J connectivity index is 2.03. The van der Waals surface area contributed by atoms with Gasteiger partial charge >= 0.3 is 0 Å². The van der Waals surface area contributed by atoms with Crippen LogP contribution in [0, 0.1) is 6.92 Å². The van der Waals surface area contributed by atoms with Crippen LogP contribution in [-0.2, 0) is 0 Å². The molecule has 1 atom stereocenters. The van der Waals surface area contributed by atoms with E-state index in [4.69, 9.17) is 0 Å². The van der Waals surface area contributed by atoms with Crippen LogP contribution in [0.15, 0.2) is 12.3 Å². The van der Waals surface area contributed by atoms with E-state index in [2.05, 4.69) is 27.1 Å². The number of rotatable bonds is 3. The summed E-state index contributed by atoms with van der Waals surface area (Å²) in [7, 11) is 0. The van der Waals surface area contributed by atoms with E-state index in [1.165, 1.54) is 12.8 Å². The lowest BCUT2D eigenvalue weighted by atomic mass is 10.1. The molecule has 1 aliphatic heterocycles. The summed E-state index contributed by atoms with van der Waals surface area (Å²) < 4.78 is 0. The fourth-order valence-electron chi connectivity index (χ4n) is 2.20. The fourth-order valence-corrected chi connectivity index (χ4v) is 2.20. The molecule has 88 valence electrons. The van der Waals surface area contributed by atoms with Crippen molar-refractivity contribution in [3.8, 4) is 0 Å². The molecule has 1 fully saturated rings. The molecule has 0 spiro atoms. The Morgan fingerprint density at radius 1 is 1.56 bits per heavy atom. The summed E-state index contributed by atoms with van der Waals surface area (Å²) >= 11 is 0. The molecule has 0 aliphatic carbocycles. The average Bonchev–Trinajstić information content (AvgIpc) is 2.30. The number of hydrogen-bond acceptors (Lipinski definition) is 4. The van der Waals surface area contributed by atoms with Crippen molar-refractivity contribution in [3.05, 3.63) is 18.0 Å². The Bertz CT molecular complexity index is 338. The number of hydrogen-bond donors (Lipinski definition) is 1. The molecule has 4 heteroatoms. The number of aromatic nitrogens is 2. The van der Waals surface area contributed by atoms with Crippen LogP contribution in [0.2, 0.25) is 0 Å². The van der Waals surface area contributed by atoms with Crippen LogP contribution in [0.3, 0.4) is 0 Å². The van der Waals surface area contributed by atoms with E-state index in [1.807, 2.05) is 19.2 Å². The molecule has 0 aromatic carbocycles. The number of likely N-dealkylation sites (N-methyl/N-ethyl adjacent to an activating group) is 1. The lowest BCUT2D eigenvalue weighted by molar-refractivity contribution is 0.427. The molecule has 0 radical (unpaired) electrons. The standard InChI is InChI=1S/C12H20N4/c1-3-13-11-5-4-8-16(9-11)12-14-7-6-10(2)15-12/h6-7,11,13H,3-5,8-9H2,1-2H3. The number of nitrogens with one attached hydrogen (secondary N) is 1. The summed E-state index contributed by atoms with van der Waals surface area (Å²) in [6.45, 7) is 7.30. The molecule has 1 aromatic rings. The van der Waals surface area contributed by atoms with E-state index >= 15 is 0 Å². The Hall–Kier alpha value is -1.16. The molecule has 1 aliphatic rings. The minimum atomic E-state index is 0.586. The van der Waals surface area contributed by atoms with Crippen LogP contribution in [0.4, 0.5) is 5.95 Å². The molecule has 0 amide bonds. The molecule has 2 heterocycles. The third-order valence-electron chi connectivity index (χ3n) is 2.98. The Kier molecular flexibility index (Phi) is 3.72. The zero-order valence-electron chi connectivity index (χ0n) is 10.1. The smallest absolute Gasteiger partial charge is 0.225 e. The fraction of sp³-hybridized carbons (Fsp3) is 0.667. The molecule has 4 nitrogen and oxygen atoms in total. The second kappa shape index (κ2) is 5.25. The number of anilines is 1. The van der Waals surface area contributed by atoms with Crippen LogP contribution >= 0.6 is 0 Å². The molecular weight excluding hydrogens is 200 g/mol. The maximum Gasteiger partial charge on any atom is 0.225 e. The number of nitrogens with zero attached hydrogens (tertiary/aromatic N) is 3. The summed E-state index contributed by atoms with van der Waals surface area (Å²) in [5.74, 6) is 0.877. The topological polar surface area (TPSA) is 41.0 Å². The van der Waals surface area contributed by atoms with Gasteiger partial charge in [-0.2, -0.15) is 0 Å². The second-order valence-corrected chi connectivity index (χ2v) is 4.34. The second-order valence-electron chi connectivity index (χ2n) is 4.34. The van der Waals surface area contributed by atoms with Crippen LogP contribution < -0.4 is 10.2 Å². The summed E-state index contributed by atoms with van der Waals surface area (Å²) in [6.07, 6.45) is 4.32. The quantitative estimate of drug-likeness (QED) is 0.835. The summed E-state index contributed by atoms with van der Waals surface area (Å²) in [5, 5.41) is 3.50. The van der Waals surface area contributed by atoms with Crippen molar-refractivity contribution >= 4 is 5.95 Å². The van der Waals surface area contributed by atoms with Crippen molar-refractivity contribution in [3.63, 3.8) is 0 Å². The molecule has 16 heavy (non-hydrogen) atoms. The van der Waals surface area contributed by atoms with Gasteiger partial charge in [0.1, 0.15) is 0 Å². The van der Waals surface area contributed by atoms with Crippen molar-refractivity contribution in [2.24, 2.45) is 0 Å². The van der Waals surface area contributed by atoms with Gasteiger partial charge in [0, 0.05) is 31.0 Å². The third kappa shape index (κ3) is 2.70. The van der Waals surface area contributed by atoms with Crippen LogP contribution in [0.1, 0.15) is 25.5 Å². The molecule has 0 bridgehead atoms. The monoisotopic (exact) mass is 220 g/mol. The van der Waals surface area contributed by atoms with Gasteiger partial charge in [0.25, 0.3) is 0 Å². The number of aryl methyl sites for hydroxylation is 1. The van der Waals surface area contributed by atoms with Gasteiger partial charge in [-0.05, 0) is 32.4 Å². The zero-order chi connectivity index (χ0) is 11.4. The lowest BCUT2D eigenvalue weighted by Crippen LogP contribution is -2.46. The maximum atomic E-state index is 4.48. The first kappa shape index (κ1) is 11.3. The predicted molar refractivity (Wildman–Crippen MR) is 65.7 cm³/mol. The molecule has 1 unspecified atom stereocenters. The summed E-state index contributed by atoms with van der Waals surface area (Å²) in [4.78, 5) is 11.1. The van der Waals surface area contributed by atoms with Crippen LogP contribution in [0.5, 0.6) is 0 Å². The first-order chi connectivity index (χ1) is 7.79. The summed E-state index contributed by atoms with van der Waals surface area (Å²) in [6, 6.07) is 2.53. The van der Waals surface area contributed by atoms with Gasteiger partial charge in [-0.1, -0.05) is 6.92 Å². The lowest BCUT2D eigenvalue weighted by Gasteiger charge is -2.33. The highest BCUT2D eigenvalue weighted by Crippen LogP contribution is 2.15. The first-order valence-corrected chi connectivity index (χ1v) is 6.07. The molecule has 1 saturated heterocycles. The Morgan fingerprint density at radius 2 is 2.44 bits per heavy atom. The largest absolute Gasteiger partial charge is 0.339 e. The van der Waals surface area contributed by atoms with Crippen molar-refractivity contribution in [1.82, 2.24) is 15.3 Å². The molecule has 1 aromatic heterocycles. The van der Waals surface area contributed by atoms with Crippen molar-refractivity contribution in [2.45, 2.75) is 32.7 Å². The first-order valence-electron chi connectivity index (χ1n) is 6.07. The molecular formula is C12H20N4. The van der Waals surface area contributed by atoms with E-state index in [9.17, 15) is 0 Å². The minimum absolute atomic E-state index is 0.586. The summed E-state index contributed by atoms with van der Waals surface area (Å²) in [5.41, 5.74) is 1.04. The Morgan fingerprint density at radius 3 is 3.19 bits per heavy atom. The molecule has 0 saturated carbocycles. The highest BCUT2D eigenvalue weighted by atomic mass is 15.3. The molecule has 2 rings (SSSR count). The van der Waals surface area contributed by atoms with E-state index in [1.54, 1.807) is 0 Å². The van der Waals surface area contributed by atoms with E-state index < -0.39 is 0 Å². The zero-order valence-corrected chi connectivity index (χ0v) is 10.1. The van der Waals surface area contributed by atoms with Crippen molar-refractivity contribution in [2.75, 3.05) is 24.5 Å². The van der Waals surface area contributed by atoms with Gasteiger partial charge in [-0.3, -0.25) is 0 Å². The normalized spacial score (nSPS) is 21.1. The van der Waals surface area contributed by atoms with Gasteiger partial charge < -0.3 is 10.2 Å². The minimum Gasteiger partial charge on any atom is -0.339 e. The van der Waals surface area contributed by atoms with Crippen LogP contribution in [0.25, 0.3) is 0 Å². The van der Waals surface area contributed by atoms with Crippen LogP contribution in [-0.4, -0.2) is 35.6 Å². The highest BCUT2D eigenvalue weighted by molar-refractivity contribution is 5.31. The molecule has 1 N–H and O–H groups in total. The van der Waals surface area contributed by atoms with Gasteiger partial charge in [-0.15, -0.1) is 0 Å². The van der Waals surface area contributed by atoms with E-state index in [-0.39, 0.29) is 0 Å². The van der Waals surface area contributed by atoms with Crippen molar-refractivity contribution in [1.29, 1.82) is 0 Å². The average molecular weight is 220 g/mol. The predicted octanol–water partition coefficient (Wildman–Crippen LogP) is 1.36. The number of piperidine rings is 1. The van der Waals surface area contributed by atoms with E-state index in [0.29, 0.717) is 6.04 Å². The Labute approximate surface area is 97.1 Å². The third-order valence-corrected chi connectivity index (χ3v) is 2.98. The van der Waals surface area contributed by atoms with Gasteiger partial charge in [0.2, 0.25) is 5.95 Å².